The van der Waals surface area contributed by atoms with Gasteiger partial charge >= 0.3 is 5.97 Å². The van der Waals surface area contributed by atoms with Crippen molar-refractivity contribution in [2.24, 2.45) is 0 Å². The van der Waals surface area contributed by atoms with Gasteiger partial charge in [0.05, 0.1) is 28.4 Å². The van der Waals surface area contributed by atoms with Crippen molar-refractivity contribution in [2.75, 3.05) is 22.8 Å². The van der Waals surface area contributed by atoms with E-state index in [4.69, 9.17) is 4.74 Å². The number of carbonyl (C=O) groups excluding carboxylic acids is 2. The zero-order valence-corrected chi connectivity index (χ0v) is 18.9. The van der Waals surface area contributed by atoms with E-state index in [-0.39, 0.29) is 28.4 Å². The zero-order chi connectivity index (χ0) is 24.0. The number of ether oxygens (including phenoxy) is 1. The van der Waals surface area contributed by atoms with Gasteiger partial charge in [0, 0.05) is 0 Å². The Labute approximate surface area is 191 Å². The van der Waals surface area contributed by atoms with E-state index in [2.05, 4.69) is 5.32 Å². The maximum absolute atomic E-state index is 14.6. The first-order valence-electron chi connectivity index (χ1n) is 10.1. The highest BCUT2D eigenvalue weighted by molar-refractivity contribution is 7.92. The van der Waals surface area contributed by atoms with Crippen LogP contribution in [0.4, 0.5) is 15.8 Å². The molecule has 3 aromatic carbocycles. The Bertz CT molecular complexity index is 1260. The Morgan fingerprint density at radius 3 is 2.27 bits per heavy atom. The molecule has 7 nitrogen and oxygen atoms in total. The molecule has 33 heavy (non-hydrogen) atoms. The van der Waals surface area contributed by atoms with Crippen molar-refractivity contribution in [1.82, 2.24) is 0 Å². The van der Waals surface area contributed by atoms with Crippen LogP contribution in [0.25, 0.3) is 0 Å². The second-order valence-corrected chi connectivity index (χ2v) is 8.95. The molecular formula is C24H23FN2O5S. The van der Waals surface area contributed by atoms with Crippen LogP contribution >= 0.6 is 0 Å². The summed E-state index contributed by atoms with van der Waals surface area (Å²) in [5.74, 6) is -2.19. The molecule has 0 heterocycles. The van der Waals surface area contributed by atoms with Crippen molar-refractivity contribution >= 4 is 33.3 Å². The van der Waals surface area contributed by atoms with Crippen molar-refractivity contribution in [2.45, 2.75) is 18.7 Å². The number of hydrogen-bond donors (Lipinski definition) is 1. The average Bonchev–Trinajstić information content (AvgIpc) is 2.79. The SMILES string of the molecule is CCOC(=O)c1ccccc1NC(=O)CN(c1ccccc1F)S(=O)(=O)c1ccc(C)cc1. The van der Waals surface area contributed by atoms with Gasteiger partial charge in [0.1, 0.15) is 12.4 Å². The van der Waals surface area contributed by atoms with Crippen LogP contribution in [-0.2, 0) is 19.6 Å². The zero-order valence-electron chi connectivity index (χ0n) is 18.1. The molecule has 1 N–H and O–H groups in total. The largest absolute Gasteiger partial charge is 0.462 e. The number of sulfonamides is 1. The minimum atomic E-state index is -4.27. The molecule has 0 saturated carbocycles. The molecule has 3 rings (SSSR count). The third-order valence-corrected chi connectivity index (χ3v) is 6.49. The maximum Gasteiger partial charge on any atom is 0.340 e. The standard InChI is InChI=1S/C24H23FN2O5S/c1-3-32-24(29)19-8-4-6-10-21(19)26-23(28)16-27(22-11-7-5-9-20(22)25)33(30,31)18-14-12-17(2)13-15-18/h4-15H,3,16H2,1-2H3,(H,26,28). The second kappa shape index (κ2) is 10.3. The first kappa shape index (κ1) is 23.9. The maximum atomic E-state index is 14.6. The van der Waals surface area contributed by atoms with Crippen LogP contribution in [0.1, 0.15) is 22.8 Å². The third kappa shape index (κ3) is 5.56. The van der Waals surface area contributed by atoms with Gasteiger partial charge in [-0.2, -0.15) is 0 Å². The van der Waals surface area contributed by atoms with E-state index in [0.717, 1.165) is 11.6 Å². The van der Waals surface area contributed by atoms with Crippen LogP contribution in [0.3, 0.4) is 0 Å². The third-order valence-electron chi connectivity index (χ3n) is 4.71. The number of anilines is 2. The number of halogens is 1. The van der Waals surface area contributed by atoms with Gasteiger partial charge in [-0.25, -0.2) is 17.6 Å². The van der Waals surface area contributed by atoms with Gasteiger partial charge in [-0.15, -0.1) is 0 Å². The molecule has 0 atom stereocenters. The number of carbonyl (C=O) groups is 2. The second-order valence-electron chi connectivity index (χ2n) is 7.09. The number of esters is 1. The molecule has 0 fully saturated rings. The van der Waals surface area contributed by atoms with Crippen LogP contribution < -0.4 is 9.62 Å². The predicted octanol–water partition coefficient (Wildman–Crippen LogP) is 4.14. The fraction of sp³-hybridized carbons (Fsp3) is 0.167. The summed E-state index contributed by atoms with van der Waals surface area (Å²) >= 11 is 0. The number of aryl methyl sites for hydroxylation is 1. The summed E-state index contributed by atoms with van der Waals surface area (Å²) in [6, 6.07) is 17.5. The molecule has 0 spiro atoms. The molecule has 0 aromatic heterocycles. The minimum absolute atomic E-state index is 0.0870. The smallest absolute Gasteiger partial charge is 0.340 e. The van der Waals surface area contributed by atoms with Crippen molar-refractivity contribution in [1.29, 1.82) is 0 Å². The number of benzene rings is 3. The van der Waals surface area contributed by atoms with Crippen molar-refractivity contribution in [3.05, 3.63) is 89.7 Å². The van der Waals surface area contributed by atoms with Crippen LogP contribution in [0, 0.1) is 12.7 Å². The average molecular weight is 471 g/mol. The molecule has 1 amide bonds. The topological polar surface area (TPSA) is 92.8 Å². The number of amides is 1. The number of rotatable bonds is 8. The van der Waals surface area contributed by atoms with Gasteiger partial charge in [-0.1, -0.05) is 42.0 Å². The van der Waals surface area contributed by atoms with Crippen LogP contribution in [0.5, 0.6) is 0 Å². The molecule has 172 valence electrons. The minimum Gasteiger partial charge on any atom is -0.462 e. The van der Waals surface area contributed by atoms with Crippen molar-refractivity contribution < 1.29 is 27.1 Å². The Balaban J connectivity index is 1.95. The van der Waals surface area contributed by atoms with E-state index in [9.17, 15) is 22.4 Å². The fourth-order valence-corrected chi connectivity index (χ4v) is 4.52. The van der Waals surface area contributed by atoms with Crippen molar-refractivity contribution in [3.63, 3.8) is 0 Å². The summed E-state index contributed by atoms with van der Waals surface area (Å²) in [6.45, 7) is 2.89. The fourth-order valence-electron chi connectivity index (χ4n) is 3.09. The van der Waals surface area contributed by atoms with Gasteiger partial charge in [0.25, 0.3) is 10.0 Å². The summed E-state index contributed by atoms with van der Waals surface area (Å²) in [5, 5.41) is 2.53. The monoisotopic (exact) mass is 470 g/mol. The number of para-hydroxylation sites is 2. The van der Waals surface area contributed by atoms with E-state index in [1.807, 2.05) is 0 Å². The normalized spacial score (nSPS) is 11.0. The molecule has 0 aliphatic rings. The molecule has 0 unspecified atom stereocenters. The lowest BCUT2D eigenvalue weighted by Crippen LogP contribution is -2.38. The highest BCUT2D eigenvalue weighted by Gasteiger charge is 2.29. The lowest BCUT2D eigenvalue weighted by atomic mass is 10.2. The Morgan fingerprint density at radius 2 is 1.61 bits per heavy atom. The molecule has 0 aliphatic heterocycles. The summed E-state index contributed by atoms with van der Waals surface area (Å²) in [4.78, 5) is 25.0. The van der Waals surface area contributed by atoms with E-state index in [1.54, 1.807) is 38.1 Å². The number of nitrogens with zero attached hydrogens (tertiary/aromatic N) is 1. The van der Waals surface area contributed by atoms with E-state index >= 15 is 0 Å². The Kier molecular flexibility index (Phi) is 7.44. The van der Waals surface area contributed by atoms with E-state index in [1.165, 1.54) is 42.5 Å². The quantitative estimate of drug-likeness (QED) is 0.500. The van der Waals surface area contributed by atoms with Crippen molar-refractivity contribution in [3.8, 4) is 0 Å². The first-order valence-corrected chi connectivity index (χ1v) is 11.6. The summed E-state index contributed by atoms with van der Waals surface area (Å²) in [5.41, 5.74) is 0.848. The lowest BCUT2D eigenvalue weighted by Gasteiger charge is -2.24. The lowest BCUT2D eigenvalue weighted by molar-refractivity contribution is -0.114. The number of hydrogen-bond acceptors (Lipinski definition) is 5. The van der Waals surface area contributed by atoms with Gasteiger partial charge in [0.2, 0.25) is 5.91 Å². The summed E-state index contributed by atoms with van der Waals surface area (Å²) < 4.78 is 47.0. The summed E-state index contributed by atoms with van der Waals surface area (Å²) in [7, 11) is -4.27. The van der Waals surface area contributed by atoms with Crippen LogP contribution in [0.2, 0.25) is 0 Å². The molecule has 9 heteroatoms. The van der Waals surface area contributed by atoms with E-state index < -0.39 is 34.3 Å². The Hall–Kier alpha value is -3.72. The highest BCUT2D eigenvalue weighted by atomic mass is 32.2. The molecule has 0 aliphatic carbocycles. The van der Waals surface area contributed by atoms with Crippen LogP contribution in [0.15, 0.2) is 77.7 Å². The summed E-state index contributed by atoms with van der Waals surface area (Å²) in [6.07, 6.45) is 0. The van der Waals surface area contributed by atoms with Gasteiger partial charge in [-0.3, -0.25) is 9.10 Å². The van der Waals surface area contributed by atoms with E-state index in [0.29, 0.717) is 4.31 Å². The molecule has 0 radical (unpaired) electrons. The van der Waals surface area contributed by atoms with Gasteiger partial charge in [-0.05, 0) is 50.2 Å². The molecule has 3 aromatic rings. The number of nitrogens with one attached hydrogen (secondary N) is 1. The first-order chi connectivity index (χ1) is 15.7. The van der Waals surface area contributed by atoms with Gasteiger partial charge < -0.3 is 10.1 Å². The molecular weight excluding hydrogens is 447 g/mol. The van der Waals surface area contributed by atoms with Gasteiger partial charge in [0.15, 0.2) is 0 Å². The van der Waals surface area contributed by atoms with Crippen LogP contribution in [-0.4, -0.2) is 33.4 Å². The predicted molar refractivity (Wildman–Crippen MR) is 123 cm³/mol. The molecule has 0 saturated heterocycles. The Morgan fingerprint density at radius 1 is 0.970 bits per heavy atom. The molecule has 0 bridgehead atoms. The highest BCUT2D eigenvalue weighted by Crippen LogP contribution is 2.27.